The predicted octanol–water partition coefficient (Wildman–Crippen LogP) is 3.52. The maximum Gasteiger partial charge on any atom is 0.239 e. The second-order valence-electron chi connectivity index (χ2n) is 7.77. The van der Waals surface area contributed by atoms with Crippen LogP contribution in [-0.4, -0.2) is 61.0 Å². The molecule has 0 aromatic heterocycles. The van der Waals surface area contributed by atoms with E-state index in [1.54, 1.807) is 0 Å². The van der Waals surface area contributed by atoms with E-state index in [-0.39, 0.29) is 17.8 Å². The van der Waals surface area contributed by atoms with Crippen LogP contribution in [0.4, 0.5) is 10.1 Å². The first-order valence-corrected chi connectivity index (χ1v) is 10.1. The van der Waals surface area contributed by atoms with Gasteiger partial charge in [0.2, 0.25) is 5.91 Å². The average Bonchev–Trinajstić information content (AvgIpc) is 2.94. The summed E-state index contributed by atoms with van der Waals surface area (Å²) in [5.74, 6) is 0.0577. The number of benzene rings is 1. The highest BCUT2D eigenvalue weighted by Crippen LogP contribution is 2.23. The normalized spacial score (nSPS) is 21.3. The van der Waals surface area contributed by atoms with Crippen molar-refractivity contribution in [2.45, 2.75) is 57.5 Å². The van der Waals surface area contributed by atoms with Crippen LogP contribution in [-0.2, 0) is 4.79 Å². The molecule has 1 saturated carbocycles. The summed E-state index contributed by atoms with van der Waals surface area (Å²) in [5.41, 5.74) is 1.06. The van der Waals surface area contributed by atoms with E-state index in [2.05, 4.69) is 16.7 Å². The van der Waals surface area contributed by atoms with Gasteiger partial charge in [0.15, 0.2) is 0 Å². The minimum Gasteiger partial charge on any atom is -0.370 e. The second-order valence-corrected chi connectivity index (χ2v) is 7.77. The van der Waals surface area contributed by atoms with Gasteiger partial charge in [0.05, 0.1) is 6.04 Å². The molecule has 4 nitrogen and oxygen atoms in total. The van der Waals surface area contributed by atoms with Crippen molar-refractivity contribution in [1.29, 1.82) is 0 Å². The molecule has 26 heavy (non-hydrogen) atoms. The quantitative estimate of drug-likeness (QED) is 0.821. The lowest BCUT2D eigenvalue weighted by Crippen LogP contribution is -2.50. The number of anilines is 1. The molecule has 1 aromatic carbocycles. The molecule has 0 spiro atoms. The molecule has 1 amide bonds. The van der Waals surface area contributed by atoms with Gasteiger partial charge in [0.1, 0.15) is 5.82 Å². The van der Waals surface area contributed by atoms with E-state index in [0.29, 0.717) is 6.04 Å². The van der Waals surface area contributed by atoms with Crippen molar-refractivity contribution in [3.8, 4) is 0 Å². The summed E-state index contributed by atoms with van der Waals surface area (Å²) in [7, 11) is 1.98. The first kappa shape index (κ1) is 19.2. The highest BCUT2D eigenvalue weighted by molar-refractivity contribution is 5.81. The summed E-state index contributed by atoms with van der Waals surface area (Å²) in [5, 5.41) is 0. The molecule has 0 N–H and O–H groups in total. The maximum atomic E-state index is 13.2. The molecule has 1 aliphatic carbocycles. The van der Waals surface area contributed by atoms with Gasteiger partial charge >= 0.3 is 0 Å². The van der Waals surface area contributed by atoms with Crippen LogP contribution in [0, 0.1) is 5.82 Å². The van der Waals surface area contributed by atoms with E-state index in [4.69, 9.17) is 0 Å². The van der Waals surface area contributed by atoms with Gasteiger partial charge in [-0.3, -0.25) is 9.69 Å². The van der Waals surface area contributed by atoms with Gasteiger partial charge in [-0.2, -0.15) is 0 Å². The first-order chi connectivity index (χ1) is 12.6. The Labute approximate surface area is 157 Å². The second kappa shape index (κ2) is 8.85. The van der Waals surface area contributed by atoms with Gasteiger partial charge in [0.25, 0.3) is 0 Å². The largest absolute Gasteiger partial charge is 0.370 e. The predicted molar refractivity (Wildman–Crippen MR) is 104 cm³/mol. The molecule has 3 rings (SSSR count). The van der Waals surface area contributed by atoms with E-state index in [9.17, 15) is 9.18 Å². The highest BCUT2D eigenvalue weighted by Gasteiger charge is 2.30. The summed E-state index contributed by atoms with van der Waals surface area (Å²) in [6.45, 7) is 5.67. The number of likely N-dealkylation sites (N-methyl/N-ethyl adjacent to an activating group) is 1. The Morgan fingerprint density at radius 2 is 1.73 bits per heavy atom. The maximum absolute atomic E-state index is 13.2. The van der Waals surface area contributed by atoms with E-state index in [1.165, 1.54) is 31.4 Å². The molecule has 0 radical (unpaired) electrons. The molecule has 1 unspecified atom stereocenters. The van der Waals surface area contributed by atoms with Crippen LogP contribution in [0.15, 0.2) is 24.3 Å². The number of carbonyl (C=O) groups is 1. The van der Waals surface area contributed by atoms with Gasteiger partial charge in [-0.05, 0) is 50.5 Å². The number of amides is 1. The van der Waals surface area contributed by atoms with Crippen LogP contribution < -0.4 is 4.90 Å². The van der Waals surface area contributed by atoms with Crippen molar-refractivity contribution in [3.63, 3.8) is 0 Å². The SMILES string of the molecule is CC(C(=O)N(C)C1CCCCC1)N1CCCN(c2ccc(F)cc2)CC1. The lowest BCUT2D eigenvalue weighted by atomic mass is 9.94. The number of nitrogens with zero attached hydrogens (tertiary/aromatic N) is 3. The molecule has 1 atom stereocenters. The molecule has 2 fully saturated rings. The van der Waals surface area contributed by atoms with Crippen molar-refractivity contribution in [1.82, 2.24) is 9.80 Å². The smallest absolute Gasteiger partial charge is 0.239 e. The van der Waals surface area contributed by atoms with Crippen molar-refractivity contribution in [2.75, 3.05) is 38.1 Å². The van der Waals surface area contributed by atoms with Crippen molar-refractivity contribution < 1.29 is 9.18 Å². The van der Waals surface area contributed by atoms with Gasteiger partial charge in [-0.25, -0.2) is 4.39 Å². The van der Waals surface area contributed by atoms with Crippen LogP contribution in [0.2, 0.25) is 0 Å². The average molecular weight is 362 g/mol. The van der Waals surface area contributed by atoms with Gasteiger partial charge in [-0.15, -0.1) is 0 Å². The Morgan fingerprint density at radius 3 is 2.42 bits per heavy atom. The van der Waals surface area contributed by atoms with Crippen molar-refractivity contribution in [2.24, 2.45) is 0 Å². The lowest BCUT2D eigenvalue weighted by Gasteiger charge is -2.36. The zero-order valence-corrected chi connectivity index (χ0v) is 16.2. The van der Waals surface area contributed by atoms with Crippen LogP contribution in [0.3, 0.4) is 0 Å². The Morgan fingerprint density at radius 1 is 1.04 bits per heavy atom. The molecule has 1 aromatic rings. The van der Waals surface area contributed by atoms with Gasteiger partial charge < -0.3 is 9.80 Å². The summed E-state index contributed by atoms with van der Waals surface area (Å²) in [4.78, 5) is 19.6. The molecule has 0 bridgehead atoms. The number of rotatable bonds is 4. The van der Waals surface area contributed by atoms with E-state index in [1.807, 2.05) is 24.1 Å². The third-order valence-electron chi connectivity index (χ3n) is 6.10. The van der Waals surface area contributed by atoms with Crippen LogP contribution in [0.25, 0.3) is 0 Å². The molecule has 1 saturated heterocycles. The summed E-state index contributed by atoms with van der Waals surface area (Å²) in [6, 6.07) is 7.07. The third kappa shape index (κ3) is 4.56. The van der Waals surface area contributed by atoms with Gasteiger partial charge in [-0.1, -0.05) is 19.3 Å². The monoisotopic (exact) mass is 361 g/mol. The fraction of sp³-hybridized carbons (Fsp3) is 0.667. The van der Waals surface area contributed by atoms with Crippen molar-refractivity contribution >= 4 is 11.6 Å². The fourth-order valence-electron chi connectivity index (χ4n) is 4.33. The van der Waals surface area contributed by atoms with Crippen molar-refractivity contribution in [3.05, 3.63) is 30.1 Å². The number of hydrogen-bond donors (Lipinski definition) is 0. The van der Waals surface area contributed by atoms with E-state index in [0.717, 1.165) is 51.1 Å². The zero-order chi connectivity index (χ0) is 18.5. The number of carbonyl (C=O) groups excluding carboxylic acids is 1. The molecular formula is C21H32FN3O. The zero-order valence-electron chi connectivity index (χ0n) is 16.2. The van der Waals surface area contributed by atoms with E-state index < -0.39 is 0 Å². The first-order valence-electron chi connectivity index (χ1n) is 10.1. The Bertz CT molecular complexity index is 585. The minimum absolute atomic E-state index is 0.0740. The number of hydrogen-bond acceptors (Lipinski definition) is 3. The van der Waals surface area contributed by atoms with Crippen LogP contribution >= 0.6 is 0 Å². The molecule has 5 heteroatoms. The van der Waals surface area contributed by atoms with Crippen LogP contribution in [0.5, 0.6) is 0 Å². The Hall–Kier alpha value is -1.62. The topological polar surface area (TPSA) is 26.8 Å². The highest BCUT2D eigenvalue weighted by atomic mass is 19.1. The summed E-state index contributed by atoms with van der Waals surface area (Å²) >= 11 is 0. The molecule has 144 valence electrons. The van der Waals surface area contributed by atoms with Gasteiger partial charge in [0, 0.05) is 45.0 Å². The Kier molecular flexibility index (Phi) is 6.52. The Balaban J connectivity index is 1.57. The number of halogens is 1. The summed E-state index contributed by atoms with van der Waals surface area (Å²) < 4.78 is 13.2. The fourth-order valence-corrected chi connectivity index (χ4v) is 4.33. The van der Waals surface area contributed by atoms with Crippen LogP contribution in [0.1, 0.15) is 45.4 Å². The molecular weight excluding hydrogens is 329 g/mol. The standard InChI is InChI=1S/C21H32FN3O/c1-17(21(26)23(2)19-7-4-3-5-8-19)24-13-6-14-25(16-15-24)20-11-9-18(22)10-12-20/h9-12,17,19H,3-8,13-16H2,1-2H3. The minimum atomic E-state index is -0.199. The summed E-state index contributed by atoms with van der Waals surface area (Å²) in [6.07, 6.45) is 7.10. The molecule has 2 aliphatic rings. The molecule has 1 heterocycles. The lowest BCUT2D eigenvalue weighted by molar-refractivity contribution is -0.137. The van der Waals surface area contributed by atoms with E-state index >= 15 is 0 Å². The molecule has 1 aliphatic heterocycles. The third-order valence-corrected chi connectivity index (χ3v) is 6.10.